The number of hydrogen-bond acceptors (Lipinski definition) is 2. The minimum atomic E-state index is 0.237. The van der Waals surface area contributed by atoms with E-state index in [-0.39, 0.29) is 6.61 Å². The molecule has 1 unspecified atom stereocenters. The molecule has 0 fully saturated rings. The lowest BCUT2D eigenvalue weighted by molar-refractivity contribution is 0.198. The molecule has 15 heavy (non-hydrogen) atoms. The van der Waals surface area contributed by atoms with Gasteiger partial charge in [-0.1, -0.05) is 29.8 Å². The zero-order chi connectivity index (χ0) is 11.3. The molecule has 0 amide bonds. The summed E-state index contributed by atoms with van der Waals surface area (Å²) >= 11 is 3.39. The summed E-state index contributed by atoms with van der Waals surface area (Å²) < 4.78 is 1.08. The fraction of sp³-hybridized carbons (Fsp3) is 0.500. The fourth-order valence-corrected chi connectivity index (χ4v) is 1.59. The average Bonchev–Trinajstić information content (AvgIpc) is 2.21. The topological polar surface area (TPSA) is 32.3 Å². The van der Waals surface area contributed by atoms with Crippen LogP contribution in [0.2, 0.25) is 0 Å². The van der Waals surface area contributed by atoms with Crippen molar-refractivity contribution in [2.24, 2.45) is 11.8 Å². The molecule has 0 aliphatic heterocycles. The molecule has 0 radical (unpaired) electrons. The van der Waals surface area contributed by atoms with E-state index in [0.29, 0.717) is 11.8 Å². The van der Waals surface area contributed by atoms with Gasteiger partial charge >= 0.3 is 0 Å². The van der Waals surface area contributed by atoms with Crippen molar-refractivity contribution < 1.29 is 5.11 Å². The normalized spacial score (nSPS) is 12.9. The average molecular weight is 272 g/mol. The van der Waals surface area contributed by atoms with Crippen LogP contribution in [0.4, 0.5) is 5.69 Å². The maximum absolute atomic E-state index is 9.17. The molecule has 0 aromatic heterocycles. The van der Waals surface area contributed by atoms with Gasteiger partial charge in [0, 0.05) is 29.2 Å². The van der Waals surface area contributed by atoms with Crippen molar-refractivity contribution >= 4 is 21.6 Å². The van der Waals surface area contributed by atoms with Gasteiger partial charge in [0.15, 0.2) is 0 Å². The molecule has 1 atom stereocenters. The summed E-state index contributed by atoms with van der Waals surface area (Å²) in [5, 5.41) is 12.5. The van der Waals surface area contributed by atoms with Crippen LogP contribution < -0.4 is 5.32 Å². The molecule has 0 bridgehead atoms. The van der Waals surface area contributed by atoms with Gasteiger partial charge in [-0.3, -0.25) is 0 Å². The highest BCUT2D eigenvalue weighted by Gasteiger charge is 2.11. The summed E-state index contributed by atoms with van der Waals surface area (Å²) in [6.07, 6.45) is 0. The second kappa shape index (κ2) is 6.13. The summed E-state index contributed by atoms with van der Waals surface area (Å²) in [7, 11) is 0. The van der Waals surface area contributed by atoms with Crippen LogP contribution in [-0.4, -0.2) is 18.3 Å². The van der Waals surface area contributed by atoms with E-state index in [2.05, 4.69) is 35.1 Å². The van der Waals surface area contributed by atoms with Gasteiger partial charge in [0.2, 0.25) is 0 Å². The molecule has 0 saturated carbocycles. The molecule has 2 nitrogen and oxygen atoms in total. The third-order valence-corrected chi connectivity index (χ3v) is 3.12. The van der Waals surface area contributed by atoms with Crippen molar-refractivity contribution in [3.63, 3.8) is 0 Å². The van der Waals surface area contributed by atoms with Crippen LogP contribution in [0, 0.1) is 11.8 Å². The standard InChI is InChI=1S/C12H18BrNO/c1-9(2)10(8-15)7-14-12-5-3-11(13)4-6-12/h3-6,9-10,14-15H,7-8H2,1-2H3. The molecule has 2 N–H and O–H groups in total. The second-order valence-electron chi connectivity index (χ2n) is 4.07. The Hall–Kier alpha value is -0.540. The zero-order valence-electron chi connectivity index (χ0n) is 9.20. The maximum Gasteiger partial charge on any atom is 0.0478 e. The quantitative estimate of drug-likeness (QED) is 0.863. The number of hydrogen-bond donors (Lipinski definition) is 2. The van der Waals surface area contributed by atoms with Crippen LogP contribution in [0.5, 0.6) is 0 Å². The zero-order valence-corrected chi connectivity index (χ0v) is 10.8. The molecule has 0 saturated heterocycles. The van der Waals surface area contributed by atoms with Gasteiger partial charge < -0.3 is 10.4 Å². The molecular weight excluding hydrogens is 254 g/mol. The lowest BCUT2D eigenvalue weighted by atomic mass is 9.97. The molecule has 0 aliphatic carbocycles. The molecule has 1 aromatic rings. The monoisotopic (exact) mass is 271 g/mol. The Morgan fingerprint density at radius 1 is 1.27 bits per heavy atom. The second-order valence-corrected chi connectivity index (χ2v) is 4.99. The Balaban J connectivity index is 2.45. The molecule has 1 rings (SSSR count). The largest absolute Gasteiger partial charge is 0.396 e. The van der Waals surface area contributed by atoms with Crippen molar-refractivity contribution in [1.29, 1.82) is 0 Å². The SMILES string of the molecule is CC(C)C(CO)CNc1ccc(Br)cc1. The highest BCUT2D eigenvalue weighted by atomic mass is 79.9. The molecule has 0 aliphatic rings. The third kappa shape index (κ3) is 4.22. The molecular formula is C12H18BrNO. The first-order chi connectivity index (χ1) is 7.13. The van der Waals surface area contributed by atoms with Gasteiger partial charge in [-0.2, -0.15) is 0 Å². The Bertz CT molecular complexity index is 284. The van der Waals surface area contributed by atoms with Crippen molar-refractivity contribution in [3.05, 3.63) is 28.7 Å². The van der Waals surface area contributed by atoms with Crippen molar-refractivity contribution in [1.82, 2.24) is 0 Å². The van der Waals surface area contributed by atoms with E-state index in [0.717, 1.165) is 16.7 Å². The summed E-state index contributed by atoms with van der Waals surface area (Å²) in [4.78, 5) is 0. The minimum Gasteiger partial charge on any atom is -0.396 e. The van der Waals surface area contributed by atoms with Gasteiger partial charge in [-0.25, -0.2) is 0 Å². The van der Waals surface area contributed by atoms with Crippen LogP contribution in [0.25, 0.3) is 0 Å². The first-order valence-electron chi connectivity index (χ1n) is 5.23. The highest BCUT2D eigenvalue weighted by molar-refractivity contribution is 9.10. The predicted octanol–water partition coefficient (Wildman–Crippen LogP) is 3.13. The molecule has 0 spiro atoms. The first-order valence-corrected chi connectivity index (χ1v) is 6.03. The van der Waals surface area contributed by atoms with E-state index >= 15 is 0 Å². The lowest BCUT2D eigenvalue weighted by Crippen LogP contribution is -2.22. The number of rotatable bonds is 5. The number of halogens is 1. The van der Waals surface area contributed by atoms with E-state index in [1.54, 1.807) is 0 Å². The van der Waals surface area contributed by atoms with Gasteiger partial charge in [-0.05, 0) is 30.2 Å². The molecule has 84 valence electrons. The number of anilines is 1. The van der Waals surface area contributed by atoms with Gasteiger partial charge in [0.1, 0.15) is 0 Å². The fourth-order valence-electron chi connectivity index (χ4n) is 1.33. The smallest absolute Gasteiger partial charge is 0.0478 e. The van der Waals surface area contributed by atoms with E-state index < -0.39 is 0 Å². The van der Waals surface area contributed by atoms with Crippen LogP contribution in [0.1, 0.15) is 13.8 Å². The summed E-state index contributed by atoms with van der Waals surface area (Å²) in [6.45, 7) is 5.31. The Morgan fingerprint density at radius 2 is 1.87 bits per heavy atom. The highest BCUT2D eigenvalue weighted by Crippen LogP contribution is 2.16. The first kappa shape index (κ1) is 12.5. The number of aliphatic hydroxyl groups is 1. The predicted molar refractivity (Wildman–Crippen MR) is 68.0 cm³/mol. The maximum atomic E-state index is 9.17. The van der Waals surface area contributed by atoms with Gasteiger partial charge in [-0.15, -0.1) is 0 Å². The van der Waals surface area contributed by atoms with Gasteiger partial charge in [0.05, 0.1) is 0 Å². The van der Waals surface area contributed by atoms with E-state index in [1.807, 2.05) is 24.3 Å². The number of aliphatic hydroxyl groups excluding tert-OH is 1. The van der Waals surface area contributed by atoms with Gasteiger partial charge in [0.25, 0.3) is 0 Å². The lowest BCUT2D eigenvalue weighted by Gasteiger charge is -2.19. The van der Waals surface area contributed by atoms with Crippen molar-refractivity contribution in [2.75, 3.05) is 18.5 Å². The Kier molecular flexibility index (Phi) is 5.12. The summed E-state index contributed by atoms with van der Waals surface area (Å²) in [5.41, 5.74) is 1.09. The minimum absolute atomic E-state index is 0.237. The molecule has 0 heterocycles. The number of benzene rings is 1. The third-order valence-electron chi connectivity index (χ3n) is 2.59. The van der Waals surface area contributed by atoms with Crippen molar-refractivity contribution in [3.8, 4) is 0 Å². The van der Waals surface area contributed by atoms with Crippen LogP contribution >= 0.6 is 15.9 Å². The summed E-state index contributed by atoms with van der Waals surface area (Å²) in [5.74, 6) is 0.812. The Labute approximate surface area is 99.8 Å². The van der Waals surface area contributed by atoms with E-state index in [9.17, 15) is 5.11 Å². The van der Waals surface area contributed by atoms with E-state index in [4.69, 9.17) is 0 Å². The van der Waals surface area contributed by atoms with Crippen LogP contribution in [0.3, 0.4) is 0 Å². The van der Waals surface area contributed by atoms with Crippen LogP contribution in [0.15, 0.2) is 28.7 Å². The van der Waals surface area contributed by atoms with Crippen LogP contribution in [-0.2, 0) is 0 Å². The number of nitrogens with one attached hydrogen (secondary N) is 1. The summed E-state index contributed by atoms with van der Waals surface area (Å²) in [6, 6.07) is 8.06. The van der Waals surface area contributed by atoms with Crippen molar-refractivity contribution in [2.45, 2.75) is 13.8 Å². The Morgan fingerprint density at radius 3 is 2.33 bits per heavy atom. The molecule has 3 heteroatoms. The van der Waals surface area contributed by atoms with E-state index in [1.165, 1.54) is 0 Å². The molecule has 1 aromatic carbocycles.